The zero-order valence-corrected chi connectivity index (χ0v) is 13.2. The van der Waals surface area contributed by atoms with Gasteiger partial charge < -0.3 is 15.7 Å². The molecule has 1 aromatic carbocycles. The predicted molar refractivity (Wildman–Crippen MR) is 83.1 cm³/mol. The zero-order valence-electron chi connectivity index (χ0n) is 12.4. The Kier molecular flexibility index (Phi) is 5.84. The number of carbonyl (C=O) groups excluding carboxylic acids is 1. The van der Waals surface area contributed by atoms with Crippen LogP contribution in [0.15, 0.2) is 24.3 Å². The third-order valence-corrected chi connectivity index (χ3v) is 3.59. The summed E-state index contributed by atoms with van der Waals surface area (Å²) >= 11 is 5.97. The molecule has 0 aliphatic heterocycles. The second-order valence-corrected chi connectivity index (χ2v) is 6.37. The van der Waals surface area contributed by atoms with E-state index in [2.05, 4.69) is 10.6 Å². The van der Waals surface area contributed by atoms with Crippen LogP contribution in [0.5, 0.6) is 0 Å². The molecule has 0 aliphatic rings. The van der Waals surface area contributed by atoms with Crippen LogP contribution < -0.4 is 10.6 Å². The molecule has 0 radical (unpaired) electrons. The van der Waals surface area contributed by atoms with Crippen molar-refractivity contribution < 1.29 is 9.90 Å². The maximum Gasteiger partial charge on any atom is 0.319 e. The number of halogens is 1. The van der Waals surface area contributed by atoms with Crippen LogP contribution in [0.2, 0.25) is 5.02 Å². The third kappa shape index (κ3) is 4.69. The maximum atomic E-state index is 11.8. The summed E-state index contributed by atoms with van der Waals surface area (Å²) in [5.74, 6) is 0.137. The van der Waals surface area contributed by atoms with Gasteiger partial charge in [-0.05, 0) is 18.1 Å². The molecule has 0 spiro atoms. The van der Waals surface area contributed by atoms with Crippen LogP contribution in [0.4, 0.5) is 10.5 Å². The second-order valence-electron chi connectivity index (χ2n) is 5.96. The summed E-state index contributed by atoms with van der Waals surface area (Å²) in [5, 5.41) is 16.1. The molecule has 1 rings (SSSR count). The minimum atomic E-state index is -0.483. The molecule has 0 aromatic heterocycles. The van der Waals surface area contributed by atoms with E-state index in [1.54, 1.807) is 24.3 Å². The molecule has 1 aromatic rings. The van der Waals surface area contributed by atoms with Crippen molar-refractivity contribution in [3.8, 4) is 0 Å². The number of anilines is 1. The van der Waals surface area contributed by atoms with Gasteiger partial charge in [-0.2, -0.15) is 0 Å². The number of benzene rings is 1. The lowest BCUT2D eigenvalue weighted by Crippen LogP contribution is -2.44. The molecule has 0 fully saturated rings. The Bertz CT molecular complexity index is 461. The van der Waals surface area contributed by atoms with Crippen molar-refractivity contribution in [2.45, 2.75) is 33.8 Å². The minimum absolute atomic E-state index is 0.137. The number of hydrogen-bond donors (Lipinski definition) is 3. The Balaban J connectivity index is 2.54. The van der Waals surface area contributed by atoms with Gasteiger partial charge in [0.1, 0.15) is 0 Å². The molecule has 4 nitrogen and oxygen atoms in total. The molecule has 3 N–H and O–H groups in total. The number of carbonyl (C=O) groups is 1. The molecular formula is C15H23ClN2O2. The SMILES string of the molecule is CC(C)C(O)C(C)(C)CNC(=O)Nc1ccccc1Cl. The molecule has 0 bridgehead atoms. The van der Waals surface area contributed by atoms with Crippen LogP contribution in [0.25, 0.3) is 0 Å². The van der Waals surface area contributed by atoms with Crippen LogP contribution in [-0.4, -0.2) is 23.8 Å². The molecule has 1 atom stereocenters. The third-order valence-electron chi connectivity index (χ3n) is 3.26. The highest BCUT2D eigenvalue weighted by atomic mass is 35.5. The normalized spacial score (nSPS) is 13.2. The van der Waals surface area contributed by atoms with Crippen molar-refractivity contribution in [1.82, 2.24) is 5.32 Å². The van der Waals surface area contributed by atoms with E-state index in [1.165, 1.54) is 0 Å². The summed E-state index contributed by atoms with van der Waals surface area (Å²) in [4.78, 5) is 11.8. The van der Waals surface area contributed by atoms with Crippen molar-refractivity contribution in [3.63, 3.8) is 0 Å². The Morgan fingerprint density at radius 1 is 1.35 bits per heavy atom. The largest absolute Gasteiger partial charge is 0.392 e. The monoisotopic (exact) mass is 298 g/mol. The standard InChI is InChI=1S/C15H23ClN2O2/c1-10(2)13(19)15(3,4)9-17-14(20)18-12-8-6-5-7-11(12)16/h5-8,10,13,19H,9H2,1-4H3,(H2,17,18,20). The van der Waals surface area contributed by atoms with Crippen LogP contribution in [-0.2, 0) is 0 Å². The van der Waals surface area contributed by atoms with E-state index in [4.69, 9.17) is 11.6 Å². The summed E-state index contributed by atoms with van der Waals surface area (Å²) in [5.41, 5.74) is 0.167. The molecule has 0 saturated heterocycles. The fourth-order valence-electron chi connectivity index (χ4n) is 2.04. The van der Waals surface area contributed by atoms with E-state index in [-0.39, 0.29) is 11.9 Å². The first-order valence-electron chi connectivity index (χ1n) is 6.71. The van der Waals surface area contributed by atoms with Gasteiger partial charge in [0.15, 0.2) is 0 Å². The molecule has 2 amide bonds. The number of para-hydroxylation sites is 1. The first-order valence-corrected chi connectivity index (χ1v) is 7.09. The molecule has 1 unspecified atom stereocenters. The minimum Gasteiger partial charge on any atom is -0.392 e. The summed E-state index contributed by atoms with van der Waals surface area (Å²) < 4.78 is 0. The van der Waals surface area contributed by atoms with Gasteiger partial charge in [-0.1, -0.05) is 51.4 Å². The molecule has 112 valence electrons. The number of nitrogens with one attached hydrogen (secondary N) is 2. The number of urea groups is 1. The predicted octanol–water partition coefficient (Wildman–Crippen LogP) is 3.50. The maximum absolute atomic E-state index is 11.8. The lowest BCUT2D eigenvalue weighted by molar-refractivity contribution is 0.0154. The van der Waals surface area contributed by atoms with E-state index in [0.717, 1.165) is 0 Å². The van der Waals surface area contributed by atoms with E-state index in [9.17, 15) is 9.90 Å². The lowest BCUT2D eigenvalue weighted by Gasteiger charge is -2.33. The van der Waals surface area contributed by atoms with Crippen molar-refractivity contribution in [2.75, 3.05) is 11.9 Å². The first kappa shape index (κ1) is 16.8. The summed E-state index contributed by atoms with van der Waals surface area (Å²) in [6.07, 6.45) is -0.483. The molecule has 0 aliphatic carbocycles. The molecule has 5 heteroatoms. The van der Waals surface area contributed by atoms with E-state index < -0.39 is 11.5 Å². The fraction of sp³-hybridized carbons (Fsp3) is 0.533. The summed E-state index contributed by atoms with van der Waals surface area (Å²) in [7, 11) is 0. The highest BCUT2D eigenvalue weighted by Gasteiger charge is 2.30. The Morgan fingerprint density at radius 3 is 2.50 bits per heavy atom. The van der Waals surface area contributed by atoms with Gasteiger partial charge in [0.2, 0.25) is 0 Å². The van der Waals surface area contributed by atoms with Crippen molar-refractivity contribution in [1.29, 1.82) is 0 Å². The highest BCUT2D eigenvalue weighted by Crippen LogP contribution is 2.25. The van der Waals surface area contributed by atoms with Gasteiger partial charge in [0.25, 0.3) is 0 Å². The second kappa shape index (κ2) is 6.95. The van der Waals surface area contributed by atoms with Gasteiger partial charge in [-0.15, -0.1) is 0 Å². The Labute approximate surface area is 125 Å². The number of aliphatic hydroxyl groups is 1. The highest BCUT2D eigenvalue weighted by molar-refractivity contribution is 6.33. The zero-order chi connectivity index (χ0) is 15.3. The number of aliphatic hydroxyl groups excluding tert-OH is 1. The van der Waals surface area contributed by atoms with Crippen LogP contribution in [0.3, 0.4) is 0 Å². The molecule has 0 heterocycles. The number of hydrogen-bond acceptors (Lipinski definition) is 2. The van der Waals surface area contributed by atoms with Crippen LogP contribution >= 0.6 is 11.6 Å². The van der Waals surface area contributed by atoms with Crippen LogP contribution in [0.1, 0.15) is 27.7 Å². The van der Waals surface area contributed by atoms with E-state index in [1.807, 2.05) is 27.7 Å². The Hall–Kier alpha value is -1.26. The average Bonchev–Trinajstić information content (AvgIpc) is 2.38. The number of rotatable bonds is 5. The molecular weight excluding hydrogens is 276 g/mol. The average molecular weight is 299 g/mol. The molecule has 0 saturated carbocycles. The Morgan fingerprint density at radius 2 is 1.95 bits per heavy atom. The summed E-state index contributed by atoms with van der Waals surface area (Å²) in [6.45, 7) is 8.13. The van der Waals surface area contributed by atoms with E-state index >= 15 is 0 Å². The quantitative estimate of drug-likeness (QED) is 0.779. The van der Waals surface area contributed by atoms with Gasteiger partial charge in [0.05, 0.1) is 16.8 Å². The van der Waals surface area contributed by atoms with Gasteiger partial charge in [-0.25, -0.2) is 4.79 Å². The summed E-state index contributed by atoms with van der Waals surface area (Å²) in [6, 6.07) is 6.71. The first-order chi connectivity index (χ1) is 9.24. The van der Waals surface area contributed by atoms with Gasteiger partial charge in [-0.3, -0.25) is 0 Å². The topological polar surface area (TPSA) is 61.4 Å². The molecule has 20 heavy (non-hydrogen) atoms. The fourth-order valence-corrected chi connectivity index (χ4v) is 2.23. The van der Waals surface area contributed by atoms with Crippen LogP contribution in [0, 0.1) is 11.3 Å². The van der Waals surface area contributed by atoms with Gasteiger partial charge >= 0.3 is 6.03 Å². The smallest absolute Gasteiger partial charge is 0.319 e. The van der Waals surface area contributed by atoms with E-state index in [0.29, 0.717) is 17.3 Å². The van der Waals surface area contributed by atoms with Crippen molar-refractivity contribution in [3.05, 3.63) is 29.3 Å². The number of amides is 2. The lowest BCUT2D eigenvalue weighted by atomic mass is 9.81. The van der Waals surface area contributed by atoms with Crippen molar-refractivity contribution in [2.24, 2.45) is 11.3 Å². The van der Waals surface area contributed by atoms with Crippen molar-refractivity contribution >= 4 is 23.3 Å². The van der Waals surface area contributed by atoms with Gasteiger partial charge in [0, 0.05) is 12.0 Å².